The molecule has 0 spiro atoms. The van der Waals surface area contributed by atoms with Crippen molar-refractivity contribution in [2.75, 3.05) is 24.7 Å². The molecule has 5 rings (SSSR count). The molecule has 1 aromatic heterocycles. The summed E-state index contributed by atoms with van der Waals surface area (Å²) in [5, 5.41) is 4.57. The summed E-state index contributed by atoms with van der Waals surface area (Å²) >= 11 is 0. The second-order valence-corrected chi connectivity index (χ2v) is 7.93. The van der Waals surface area contributed by atoms with Gasteiger partial charge >= 0.3 is 5.97 Å². The molecule has 0 saturated heterocycles. The van der Waals surface area contributed by atoms with Gasteiger partial charge in [-0.1, -0.05) is 19.1 Å². The summed E-state index contributed by atoms with van der Waals surface area (Å²) in [5.41, 5.74) is 5.13. The number of fused-ring (bicyclic) bond motifs is 2. The summed E-state index contributed by atoms with van der Waals surface area (Å²) in [6.07, 6.45) is 2.27. The monoisotopic (exact) mass is 431 g/mol. The molecule has 3 heterocycles. The number of nitrogens with zero attached hydrogens (tertiary/aromatic N) is 3. The molecule has 3 aromatic rings. The molecule has 7 heteroatoms. The minimum atomic E-state index is -0.499. The number of ether oxygens (including phenoxy) is 2. The number of anilines is 1. The zero-order chi connectivity index (χ0) is 22.2. The maximum Gasteiger partial charge on any atom is 0.359 e. The second-order valence-electron chi connectivity index (χ2n) is 7.93. The van der Waals surface area contributed by atoms with Gasteiger partial charge in [-0.15, -0.1) is 0 Å². The Morgan fingerprint density at radius 2 is 1.88 bits per heavy atom. The number of esters is 1. The molecule has 32 heavy (non-hydrogen) atoms. The summed E-state index contributed by atoms with van der Waals surface area (Å²) in [5.74, 6) is 0.181. The quantitative estimate of drug-likeness (QED) is 0.576. The van der Waals surface area contributed by atoms with Crippen LogP contribution in [0, 0.1) is 0 Å². The molecule has 0 saturated carbocycles. The zero-order valence-corrected chi connectivity index (χ0v) is 18.3. The number of aryl methyl sites for hydroxylation is 1. The molecule has 0 bridgehead atoms. The molecule has 164 valence electrons. The van der Waals surface area contributed by atoms with Crippen molar-refractivity contribution in [1.29, 1.82) is 0 Å². The van der Waals surface area contributed by atoms with Crippen LogP contribution in [0.4, 0.5) is 5.69 Å². The molecule has 1 amide bonds. The fourth-order valence-electron chi connectivity index (χ4n) is 4.37. The third kappa shape index (κ3) is 3.34. The summed E-state index contributed by atoms with van der Waals surface area (Å²) in [6.45, 7) is 5.23. The molecule has 0 fully saturated rings. The van der Waals surface area contributed by atoms with Gasteiger partial charge in [0, 0.05) is 24.2 Å². The highest BCUT2D eigenvalue weighted by molar-refractivity contribution is 6.09. The smallest absolute Gasteiger partial charge is 0.359 e. The van der Waals surface area contributed by atoms with Crippen molar-refractivity contribution < 1.29 is 19.1 Å². The first-order chi connectivity index (χ1) is 15.6. The predicted octanol–water partition coefficient (Wildman–Crippen LogP) is 3.75. The standard InChI is InChI=1S/C25H25N3O4/c1-3-16-5-7-18(8-6-16)27-13-11-20-22(25(30)31-4-2)26-28(23(20)24(27)29)19-9-10-21-17(15-19)12-14-32-21/h5-10,15H,3-4,11-14H2,1-2H3. The number of benzene rings is 2. The third-order valence-corrected chi connectivity index (χ3v) is 6.06. The van der Waals surface area contributed by atoms with Gasteiger partial charge in [-0.25, -0.2) is 9.48 Å². The van der Waals surface area contributed by atoms with Crippen molar-refractivity contribution >= 4 is 17.6 Å². The number of carbonyl (C=O) groups is 2. The molecule has 0 atom stereocenters. The third-order valence-electron chi connectivity index (χ3n) is 6.06. The Hall–Kier alpha value is -3.61. The summed E-state index contributed by atoms with van der Waals surface area (Å²) in [4.78, 5) is 28.1. The maximum absolute atomic E-state index is 13.7. The van der Waals surface area contributed by atoms with Crippen molar-refractivity contribution in [1.82, 2.24) is 9.78 Å². The summed E-state index contributed by atoms with van der Waals surface area (Å²) in [6, 6.07) is 13.8. The average Bonchev–Trinajstić information content (AvgIpc) is 3.44. The van der Waals surface area contributed by atoms with E-state index >= 15 is 0 Å². The van der Waals surface area contributed by atoms with E-state index in [-0.39, 0.29) is 18.2 Å². The first-order valence-electron chi connectivity index (χ1n) is 11.1. The maximum atomic E-state index is 13.7. The van der Waals surface area contributed by atoms with E-state index in [1.807, 2.05) is 42.5 Å². The number of rotatable bonds is 5. The van der Waals surface area contributed by atoms with Crippen LogP contribution in [-0.4, -0.2) is 41.4 Å². The first kappa shape index (κ1) is 20.3. The minimum Gasteiger partial charge on any atom is -0.493 e. The van der Waals surface area contributed by atoms with Crippen LogP contribution in [0.1, 0.15) is 51.5 Å². The molecular formula is C25H25N3O4. The van der Waals surface area contributed by atoms with Crippen molar-refractivity contribution in [3.8, 4) is 11.4 Å². The highest BCUT2D eigenvalue weighted by Crippen LogP contribution is 2.32. The number of amides is 1. The van der Waals surface area contributed by atoms with Gasteiger partial charge in [0.05, 0.1) is 18.9 Å². The van der Waals surface area contributed by atoms with E-state index in [9.17, 15) is 9.59 Å². The number of carbonyl (C=O) groups excluding carboxylic acids is 2. The van der Waals surface area contributed by atoms with Crippen LogP contribution in [-0.2, 0) is 24.0 Å². The fourth-order valence-corrected chi connectivity index (χ4v) is 4.37. The molecule has 0 radical (unpaired) electrons. The van der Waals surface area contributed by atoms with Gasteiger partial charge in [0.25, 0.3) is 5.91 Å². The molecular weight excluding hydrogens is 406 g/mol. The Balaban J connectivity index is 1.61. The van der Waals surface area contributed by atoms with Gasteiger partial charge < -0.3 is 14.4 Å². The molecule has 0 N–H and O–H groups in total. The number of hydrogen-bond donors (Lipinski definition) is 0. The number of aromatic nitrogens is 2. The predicted molar refractivity (Wildman–Crippen MR) is 120 cm³/mol. The molecule has 0 unspecified atom stereocenters. The lowest BCUT2D eigenvalue weighted by molar-refractivity contribution is 0.0517. The topological polar surface area (TPSA) is 73.7 Å². The van der Waals surface area contributed by atoms with Crippen LogP contribution in [0.25, 0.3) is 5.69 Å². The zero-order valence-electron chi connectivity index (χ0n) is 18.3. The van der Waals surface area contributed by atoms with E-state index in [0.717, 1.165) is 35.5 Å². The highest BCUT2D eigenvalue weighted by Gasteiger charge is 2.35. The van der Waals surface area contributed by atoms with Crippen LogP contribution in [0.3, 0.4) is 0 Å². The van der Waals surface area contributed by atoms with Gasteiger partial charge in [-0.05, 0) is 61.2 Å². The van der Waals surface area contributed by atoms with Gasteiger partial charge in [0.1, 0.15) is 11.4 Å². The van der Waals surface area contributed by atoms with Crippen molar-refractivity contribution in [3.05, 3.63) is 70.5 Å². The van der Waals surface area contributed by atoms with Crippen LogP contribution in [0.5, 0.6) is 5.75 Å². The minimum absolute atomic E-state index is 0.171. The van der Waals surface area contributed by atoms with Crippen molar-refractivity contribution in [2.24, 2.45) is 0 Å². The highest BCUT2D eigenvalue weighted by atomic mass is 16.5. The van der Waals surface area contributed by atoms with E-state index in [4.69, 9.17) is 9.47 Å². The van der Waals surface area contributed by atoms with Gasteiger partial charge in [0.2, 0.25) is 0 Å². The Bertz CT molecular complexity index is 1200. The van der Waals surface area contributed by atoms with E-state index in [2.05, 4.69) is 12.0 Å². The Kier molecular flexibility index (Phi) is 5.17. The van der Waals surface area contributed by atoms with Crippen LogP contribution in [0.2, 0.25) is 0 Å². The Morgan fingerprint density at radius 3 is 2.62 bits per heavy atom. The van der Waals surface area contributed by atoms with Gasteiger partial charge in [-0.3, -0.25) is 4.79 Å². The molecule has 2 aromatic carbocycles. The van der Waals surface area contributed by atoms with Crippen LogP contribution >= 0.6 is 0 Å². The second kappa shape index (κ2) is 8.15. The largest absolute Gasteiger partial charge is 0.493 e. The lowest BCUT2D eigenvalue weighted by Crippen LogP contribution is -2.39. The normalized spacial score (nSPS) is 14.7. The number of hydrogen-bond acceptors (Lipinski definition) is 5. The lowest BCUT2D eigenvalue weighted by atomic mass is 10.0. The molecule has 7 nitrogen and oxygen atoms in total. The van der Waals surface area contributed by atoms with E-state index in [1.54, 1.807) is 16.5 Å². The molecule has 0 aliphatic carbocycles. The van der Waals surface area contributed by atoms with E-state index in [1.165, 1.54) is 5.56 Å². The van der Waals surface area contributed by atoms with Crippen molar-refractivity contribution in [2.45, 2.75) is 33.1 Å². The van der Waals surface area contributed by atoms with Crippen LogP contribution < -0.4 is 9.64 Å². The Morgan fingerprint density at radius 1 is 1.09 bits per heavy atom. The average molecular weight is 431 g/mol. The summed E-state index contributed by atoms with van der Waals surface area (Å²) < 4.78 is 12.4. The fraction of sp³-hybridized carbons (Fsp3) is 0.320. The lowest BCUT2D eigenvalue weighted by Gasteiger charge is -2.28. The van der Waals surface area contributed by atoms with Crippen molar-refractivity contribution in [3.63, 3.8) is 0 Å². The SMILES string of the molecule is CCOC(=O)c1nn(-c2ccc3c(c2)CCO3)c2c1CCN(c1ccc(CC)cc1)C2=O. The van der Waals surface area contributed by atoms with E-state index in [0.29, 0.717) is 30.8 Å². The van der Waals surface area contributed by atoms with Crippen LogP contribution in [0.15, 0.2) is 42.5 Å². The molecule has 2 aliphatic heterocycles. The first-order valence-corrected chi connectivity index (χ1v) is 11.1. The Labute approximate surface area is 186 Å². The summed E-state index contributed by atoms with van der Waals surface area (Å²) in [7, 11) is 0. The van der Waals surface area contributed by atoms with Gasteiger partial charge in [-0.2, -0.15) is 5.10 Å². The molecule has 2 aliphatic rings. The van der Waals surface area contributed by atoms with E-state index < -0.39 is 5.97 Å². The van der Waals surface area contributed by atoms with Gasteiger partial charge in [0.15, 0.2) is 5.69 Å².